The van der Waals surface area contributed by atoms with Gasteiger partial charge >= 0.3 is 5.97 Å². The largest absolute Gasteiger partial charge is 0.427 e. The highest BCUT2D eigenvalue weighted by atomic mass is 16.5. The second-order valence-electron chi connectivity index (χ2n) is 4.03. The van der Waals surface area contributed by atoms with E-state index in [2.05, 4.69) is 4.98 Å². The quantitative estimate of drug-likeness (QED) is 0.610. The lowest BCUT2D eigenvalue weighted by Crippen LogP contribution is -2.01. The lowest BCUT2D eigenvalue weighted by atomic mass is 10.2. The third kappa shape index (κ3) is 2.36. The van der Waals surface area contributed by atoms with Crippen LogP contribution in [0.1, 0.15) is 18.3 Å². The molecule has 0 aliphatic carbocycles. The first-order chi connectivity index (χ1) is 9.56. The third-order valence-corrected chi connectivity index (χ3v) is 2.68. The highest BCUT2D eigenvalue weighted by molar-refractivity contribution is 5.70. The summed E-state index contributed by atoms with van der Waals surface area (Å²) < 4.78 is 6.49. The fraction of sp³-hybridized carbons (Fsp3) is 0.143. The predicted octanol–water partition coefficient (Wildman–Crippen LogP) is 1.76. The summed E-state index contributed by atoms with van der Waals surface area (Å²) in [6, 6.07) is 10.5. The van der Waals surface area contributed by atoms with Crippen molar-refractivity contribution in [1.82, 2.24) is 9.55 Å². The van der Waals surface area contributed by atoms with Gasteiger partial charge < -0.3 is 9.30 Å². The molecule has 0 fully saturated rings. The average molecular weight is 266 g/mol. The standard InChI is InChI=1S/C14H10N4O2/c1-9(19)20-11-5-3-10(4-6-11)14-17-12(7-15)13(8-16)18(14)2/h3-6H,1-2H3. The maximum Gasteiger partial charge on any atom is 0.308 e. The van der Waals surface area contributed by atoms with Gasteiger partial charge in [-0.15, -0.1) is 0 Å². The van der Waals surface area contributed by atoms with Crippen molar-refractivity contribution in [3.63, 3.8) is 0 Å². The van der Waals surface area contributed by atoms with E-state index in [-0.39, 0.29) is 11.4 Å². The molecule has 1 heterocycles. The van der Waals surface area contributed by atoms with E-state index in [4.69, 9.17) is 15.3 Å². The molecule has 98 valence electrons. The molecule has 0 N–H and O–H groups in total. The number of nitriles is 2. The highest BCUT2D eigenvalue weighted by Gasteiger charge is 2.15. The van der Waals surface area contributed by atoms with Crippen molar-refractivity contribution in [2.75, 3.05) is 0 Å². The van der Waals surface area contributed by atoms with E-state index in [0.717, 1.165) is 5.56 Å². The monoisotopic (exact) mass is 266 g/mol. The molecule has 2 rings (SSSR count). The molecule has 0 amide bonds. The summed E-state index contributed by atoms with van der Waals surface area (Å²) in [5.41, 5.74) is 1.03. The van der Waals surface area contributed by atoms with Crippen LogP contribution in [-0.4, -0.2) is 15.5 Å². The number of hydrogen-bond acceptors (Lipinski definition) is 5. The van der Waals surface area contributed by atoms with Gasteiger partial charge in [-0.25, -0.2) is 4.98 Å². The Kier molecular flexibility index (Phi) is 3.49. The summed E-state index contributed by atoms with van der Waals surface area (Å²) in [6.45, 7) is 1.32. The van der Waals surface area contributed by atoms with Gasteiger partial charge in [0.1, 0.15) is 23.7 Å². The molecule has 0 bridgehead atoms. The predicted molar refractivity (Wildman–Crippen MR) is 69.4 cm³/mol. The summed E-state index contributed by atoms with van der Waals surface area (Å²) in [4.78, 5) is 15.0. The van der Waals surface area contributed by atoms with Gasteiger partial charge in [0.25, 0.3) is 0 Å². The normalized spacial score (nSPS) is 9.60. The molecule has 6 heteroatoms. The van der Waals surface area contributed by atoms with E-state index < -0.39 is 5.97 Å². The molecule has 0 aliphatic rings. The zero-order valence-corrected chi connectivity index (χ0v) is 10.9. The van der Waals surface area contributed by atoms with E-state index in [1.54, 1.807) is 35.9 Å². The smallest absolute Gasteiger partial charge is 0.308 e. The lowest BCUT2D eigenvalue weighted by molar-refractivity contribution is -0.131. The zero-order valence-electron chi connectivity index (χ0n) is 10.9. The SMILES string of the molecule is CC(=O)Oc1ccc(-c2nc(C#N)c(C#N)n2C)cc1. The van der Waals surface area contributed by atoms with E-state index in [9.17, 15) is 4.79 Å². The minimum Gasteiger partial charge on any atom is -0.427 e. The van der Waals surface area contributed by atoms with Crippen LogP contribution in [-0.2, 0) is 11.8 Å². The third-order valence-electron chi connectivity index (χ3n) is 2.68. The van der Waals surface area contributed by atoms with Gasteiger partial charge in [0.15, 0.2) is 11.4 Å². The van der Waals surface area contributed by atoms with Crippen LogP contribution >= 0.6 is 0 Å². The number of esters is 1. The van der Waals surface area contributed by atoms with Gasteiger partial charge in [0.05, 0.1) is 0 Å². The maximum absolute atomic E-state index is 10.8. The van der Waals surface area contributed by atoms with Crippen molar-refractivity contribution in [2.45, 2.75) is 6.92 Å². The van der Waals surface area contributed by atoms with E-state index >= 15 is 0 Å². The van der Waals surface area contributed by atoms with Crippen LogP contribution in [0, 0.1) is 22.7 Å². The molecular weight excluding hydrogens is 256 g/mol. The summed E-state index contributed by atoms with van der Waals surface area (Å²) >= 11 is 0. The Balaban J connectivity index is 2.43. The van der Waals surface area contributed by atoms with Crippen LogP contribution in [0.3, 0.4) is 0 Å². The molecule has 20 heavy (non-hydrogen) atoms. The van der Waals surface area contributed by atoms with Crippen LogP contribution in [0.4, 0.5) is 0 Å². The van der Waals surface area contributed by atoms with E-state index in [1.807, 2.05) is 12.1 Å². The van der Waals surface area contributed by atoms with Crippen LogP contribution in [0.15, 0.2) is 24.3 Å². The molecule has 6 nitrogen and oxygen atoms in total. The van der Waals surface area contributed by atoms with Crippen LogP contribution in [0.25, 0.3) is 11.4 Å². The number of hydrogen-bond donors (Lipinski definition) is 0. The Labute approximate surface area is 115 Å². The van der Waals surface area contributed by atoms with Crippen molar-refractivity contribution < 1.29 is 9.53 Å². The number of ether oxygens (including phenoxy) is 1. The average Bonchev–Trinajstić information content (AvgIpc) is 2.75. The molecule has 2 aromatic rings. The summed E-state index contributed by atoms with van der Waals surface area (Å²) in [5, 5.41) is 18.0. The molecule has 0 radical (unpaired) electrons. The fourth-order valence-corrected chi connectivity index (χ4v) is 1.80. The Bertz CT molecular complexity index is 745. The number of carbonyl (C=O) groups excluding carboxylic acids is 1. The first-order valence-electron chi connectivity index (χ1n) is 5.72. The van der Waals surface area contributed by atoms with Crippen molar-refractivity contribution in [3.05, 3.63) is 35.7 Å². The van der Waals surface area contributed by atoms with Gasteiger partial charge in [0.2, 0.25) is 0 Å². The Hall–Kier alpha value is -3.12. The van der Waals surface area contributed by atoms with Gasteiger partial charge in [-0.2, -0.15) is 10.5 Å². The Morgan fingerprint density at radius 3 is 2.35 bits per heavy atom. The summed E-state index contributed by atoms with van der Waals surface area (Å²) in [7, 11) is 1.67. The topological polar surface area (TPSA) is 91.7 Å². The molecular formula is C14H10N4O2. The zero-order chi connectivity index (χ0) is 14.7. The van der Waals surface area contributed by atoms with Gasteiger partial charge in [0, 0.05) is 19.5 Å². The number of aromatic nitrogens is 2. The van der Waals surface area contributed by atoms with Crippen molar-refractivity contribution in [3.8, 4) is 29.3 Å². The molecule has 0 saturated carbocycles. The second kappa shape index (κ2) is 5.25. The molecule has 0 saturated heterocycles. The number of rotatable bonds is 2. The van der Waals surface area contributed by atoms with Gasteiger partial charge in [-0.05, 0) is 24.3 Å². The Morgan fingerprint density at radius 2 is 1.90 bits per heavy atom. The van der Waals surface area contributed by atoms with Crippen LogP contribution < -0.4 is 4.74 Å². The molecule has 1 aromatic heterocycles. The molecule has 0 atom stereocenters. The maximum atomic E-state index is 10.8. The summed E-state index contributed by atoms with van der Waals surface area (Å²) in [6.07, 6.45) is 0. The van der Waals surface area contributed by atoms with Gasteiger partial charge in [-0.1, -0.05) is 0 Å². The van der Waals surface area contributed by atoms with Crippen molar-refractivity contribution >= 4 is 5.97 Å². The van der Waals surface area contributed by atoms with E-state index in [0.29, 0.717) is 11.6 Å². The second-order valence-corrected chi connectivity index (χ2v) is 4.03. The van der Waals surface area contributed by atoms with E-state index in [1.165, 1.54) is 6.92 Å². The Morgan fingerprint density at radius 1 is 1.25 bits per heavy atom. The van der Waals surface area contributed by atoms with Crippen LogP contribution in [0.2, 0.25) is 0 Å². The van der Waals surface area contributed by atoms with Gasteiger partial charge in [-0.3, -0.25) is 4.79 Å². The van der Waals surface area contributed by atoms with Crippen molar-refractivity contribution in [2.24, 2.45) is 7.05 Å². The first-order valence-corrected chi connectivity index (χ1v) is 5.72. The molecule has 0 aliphatic heterocycles. The minimum atomic E-state index is -0.395. The molecule has 0 unspecified atom stereocenters. The minimum absolute atomic E-state index is 0.0917. The first kappa shape index (κ1) is 13.3. The van der Waals surface area contributed by atoms with Crippen molar-refractivity contribution in [1.29, 1.82) is 10.5 Å². The van der Waals surface area contributed by atoms with Crippen LogP contribution in [0.5, 0.6) is 5.75 Å². The lowest BCUT2D eigenvalue weighted by Gasteiger charge is -2.04. The molecule has 0 spiro atoms. The summed E-state index contributed by atoms with van der Waals surface area (Å²) in [5.74, 6) is 0.539. The highest BCUT2D eigenvalue weighted by Crippen LogP contribution is 2.23. The number of carbonyl (C=O) groups is 1. The fourth-order valence-electron chi connectivity index (χ4n) is 1.80. The molecule has 1 aromatic carbocycles. The number of benzene rings is 1. The number of imidazole rings is 1. The number of nitrogens with zero attached hydrogens (tertiary/aromatic N) is 4.